The van der Waals surface area contributed by atoms with E-state index in [0.717, 1.165) is 34.4 Å². The first-order valence-corrected chi connectivity index (χ1v) is 9.00. The van der Waals surface area contributed by atoms with Crippen LogP contribution in [0.4, 0.5) is 0 Å². The van der Waals surface area contributed by atoms with Gasteiger partial charge in [0.1, 0.15) is 6.29 Å². The number of benzene rings is 3. The van der Waals surface area contributed by atoms with Gasteiger partial charge < -0.3 is 0 Å². The summed E-state index contributed by atoms with van der Waals surface area (Å²) in [5.74, 6) is 0. The highest BCUT2D eigenvalue weighted by molar-refractivity contribution is 6.30. The van der Waals surface area contributed by atoms with E-state index < -0.39 is 0 Å². The number of aldehydes is 1. The molecule has 4 rings (SSSR count). The van der Waals surface area contributed by atoms with E-state index in [1.54, 1.807) is 6.07 Å². The first-order valence-electron chi connectivity index (χ1n) is 8.62. The molecule has 3 heteroatoms. The lowest BCUT2D eigenvalue weighted by Crippen LogP contribution is -1.92. The van der Waals surface area contributed by atoms with Crippen LogP contribution in [0.25, 0.3) is 33.6 Å². The van der Waals surface area contributed by atoms with Gasteiger partial charge in [-0.05, 0) is 35.4 Å². The van der Waals surface area contributed by atoms with Gasteiger partial charge in [0.2, 0.25) is 0 Å². The molecule has 130 valence electrons. The van der Waals surface area contributed by atoms with Gasteiger partial charge in [-0.1, -0.05) is 78.3 Å². The first kappa shape index (κ1) is 17.2. The van der Waals surface area contributed by atoms with Crippen LogP contribution in [0.2, 0.25) is 5.02 Å². The zero-order valence-corrected chi connectivity index (χ0v) is 15.2. The number of aromatic nitrogens is 1. The van der Waals surface area contributed by atoms with Crippen molar-refractivity contribution < 1.29 is 4.79 Å². The molecule has 1 heterocycles. The minimum absolute atomic E-state index is 0.595. The summed E-state index contributed by atoms with van der Waals surface area (Å²) in [6, 6.07) is 29.5. The third-order valence-corrected chi connectivity index (χ3v) is 4.66. The molecule has 0 aliphatic rings. The monoisotopic (exact) mass is 369 g/mol. The van der Waals surface area contributed by atoms with E-state index in [-0.39, 0.29) is 0 Å². The highest BCUT2D eigenvalue weighted by Gasteiger charge is 2.08. The van der Waals surface area contributed by atoms with E-state index in [4.69, 9.17) is 16.6 Å². The fourth-order valence-corrected chi connectivity index (χ4v) is 3.13. The van der Waals surface area contributed by atoms with Gasteiger partial charge in [-0.3, -0.25) is 4.79 Å². The van der Waals surface area contributed by atoms with Crippen molar-refractivity contribution >= 4 is 17.9 Å². The third kappa shape index (κ3) is 3.81. The van der Waals surface area contributed by atoms with Crippen molar-refractivity contribution in [3.05, 3.63) is 102 Å². The van der Waals surface area contributed by atoms with E-state index in [1.807, 2.05) is 60.7 Å². The fraction of sp³-hybridized carbons (Fsp3) is 0. The van der Waals surface area contributed by atoms with Crippen LogP contribution < -0.4 is 0 Å². The van der Waals surface area contributed by atoms with Crippen molar-refractivity contribution in [1.29, 1.82) is 0 Å². The standard InChI is InChI=1S/C24H16ClNO/c25-22-12-10-21(11-13-22)24-15-17(16-27)14-23(26-24)20-8-6-19(7-9-20)18-4-2-1-3-5-18/h1-16H. The lowest BCUT2D eigenvalue weighted by atomic mass is 10.0. The SMILES string of the molecule is O=Cc1cc(-c2ccc(Cl)cc2)nc(-c2ccc(-c3ccccc3)cc2)c1. The molecule has 0 N–H and O–H groups in total. The minimum atomic E-state index is 0.595. The lowest BCUT2D eigenvalue weighted by Gasteiger charge is -2.08. The molecule has 1 aromatic heterocycles. The predicted molar refractivity (Wildman–Crippen MR) is 111 cm³/mol. The number of nitrogens with zero attached hydrogens (tertiary/aromatic N) is 1. The molecule has 0 fully saturated rings. The fourth-order valence-electron chi connectivity index (χ4n) is 3.00. The lowest BCUT2D eigenvalue weighted by molar-refractivity contribution is 0.112. The van der Waals surface area contributed by atoms with Crippen LogP contribution in [0.1, 0.15) is 10.4 Å². The van der Waals surface area contributed by atoms with Crippen molar-refractivity contribution in [2.75, 3.05) is 0 Å². The number of carbonyl (C=O) groups is 1. The molecule has 0 aliphatic heterocycles. The summed E-state index contributed by atoms with van der Waals surface area (Å²) in [5, 5.41) is 0.669. The van der Waals surface area contributed by atoms with Crippen molar-refractivity contribution in [3.8, 4) is 33.6 Å². The van der Waals surface area contributed by atoms with Crippen molar-refractivity contribution in [2.45, 2.75) is 0 Å². The molecular weight excluding hydrogens is 354 g/mol. The summed E-state index contributed by atoms with van der Waals surface area (Å²) in [5.41, 5.74) is 6.31. The van der Waals surface area contributed by atoms with Gasteiger partial charge in [0, 0.05) is 21.7 Å². The van der Waals surface area contributed by atoms with Crippen LogP contribution in [0.3, 0.4) is 0 Å². The number of halogens is 1. The largest absolute Gasteiger partial charge is 0.298 e. The number of rotatable bonds is 4. The Morgan fingerprint density at radius 3 is 1.67 bits per heavy atom. The van der Waals surface area contributed by atoms with E-state index >= 15 is 0 Å². The van der Waals surface area contributed by atoms with Crippen LogP contribution >= 0.6 is 11.6 Å². The van der Waals surface area contributed by atoms with Gasteiger partial charge in [0.15, 0.2) is 0 Å². The number of pyridine rings is 1. The Bertz CT molecular complexity index is 1070. The molecule has 0 unspecified atom stereocenters. The predicted octanol–water partition coefficient (Wildman–Crippen LogP) is 6.55. The summed E-state index contributed by atoms with van der Waals surface area (Å²) < 4.78 is 0. The molecule has 0 amide bonds. The minimum Gasteiger partial charge on any atom is -0.298 e. The molecule has 0 bridgehead atoms. The van der Waals surface area contributed by atoms with Crippen LogP contribution in [0.15, 0.2) is 91.0 Å². The second kappa shape index (κ2) is 7.56. The molecule has 0 saturated heterocycles. The molecule has 4 aromatic rings. The van der Waals surface area contributed by atoms with Gasteiger partial charge in [0.05, 0.1) is 11.4 Å². The average molecular weight is 370 g/mol. The van der Waals surface area contributed by atoms with E-state index in [2.05, 4.69) is 24.3 Å². The second-order valence-corrected chi connectivity index (χ2v) is 6.68. The van der Waals surface area contributed by atoms with Crippen molar-refractivity contribution in [1.82, 2.24) is 4.98 Å². The van der Waals surface area contributed by atoms with E-state index in [1.165, 1.54) is 5.56 Å². The molecule has 0 aliphatic carbocycles. The zero-order valence-electron chi connectivity index (χ0n) is 14.5. The Kier molecular flexibility index (Phi) is 4.82. The smallest absolute Gasteiger partial charge is 0.150 e. The van der Waals surface area contributed by atoms with Crippen LogP contribution in [0.5, 0.6) is 0 Å². The summed E-state index contributed by atoms with van der Waals surface area (Å²) in [6.45, 7) is 0. The molecule has 0 atom stereocenters. The van der Waals surface area contributed by atoms with Gasteiger partial charge in [-0.2, -0.15) is 0 Å². The molecule has 0 saturated carbocycles. The van der Waals surface area contributed by atoms with Gasteiger partial charge in [-0.25, -0.2) is 4.98 Å². The molecular formula is C24H16ClNO. The van der Waals surface area contributed by atoms with Crippen molar-refractivity contribution in [2.24, 2.45) is 0 Å². The topological polar surface area (TPSA) is 30.0 Å². The van der Waals surface area contributed by atoms with Crippen molar-refractivity contribution in [3.63, 3.8) is 0 Å². The highest BCUT2D eigenvalue weighted by Crippen LogP contribution is 2.27. The summed E-state index contributed by atoms with van der Waals surface area (Å²) >= 11 is 5.97. The Balaban J connectivity index is 1.74. The normalized spacial score (nSPS) is 10.6. The zero-order chi connectivity index (χ0) is 18.6. The van der Waals surface area contributed by atoms with Gasteiger partial charge >= 0.3 is 0 Å². The second-order valence-electron chi connectivity index (χ2n) is 6.24. The number of hydrogen-bond acceptors (Lipinski definition) is 2. The summed E-state index contributed by atoms with van der Waals surface area (Å²) in [7, 11) is 0. The summed E-state index contributed by atoms with van der Waals surface area (Å²) in [6.07, 6.45) is 0.850. The number of carbonyl (C=O) groups excluding carboxylic acids is 1. The molecule has 3 aromatic carbocycles. The highest BCUT2D eigenvalue weighted by atomic mass is 35.5. The molecule has 2 nitrogen and oxygen atoms in total. The average Bonchev–Trinajstić information content (AvgIpc) is 2.74. The van der Waals surface area contributed by atoms with E-state index in [0.29, 0.717) is 10.6 Å². The third-order valence-electron chi connectivity index (χ3n) is 4.41. The Hall–Kier alpha value is -3.23. The van der Waals surface area contributed by atoms with Gasteiger partial charge in [0.25, 0.3) is 0 Å². The van der Waals surface area contributed by atoms with Crippen LogP contribution in [0, 0.1) is 0 Å². The first-order chi connectivity index (χ1) is 13.2. The Morgan fingerprint density at radius 1 is 0.630 bits per heavy atom. The Morgan fingerprint density at radius 2 is 1.11 bits per heavy atom. The molecule has 27 heavy (non-hydrogen) atoms. The maximum absolute atomic E-state index is 11.4. The molecule has 0 radical (unpaired) electrons. The maximum Gasteiger partial charge on any atom is 0.150 e. The Labute approximate surface area is 163 Å². The quantitative estimate of drug-likeness (QED) is 0.382. The van der Waals surface area contributed by atoms with E-state index in [9.17, 15) is 4.79 Å². The number of hydrogen-bond donors (Lipinski definition) is 0. The van der Waals surface area contributed by atoms with Crippen LogP contribution in [-0.4, -0.2) is 11.3 Å². The maximum atomic E-state index is 11.4. The molecule has 0 spiro atoms. The van der Waals surface area contributed by atoms with Gasteiger partial charge in [-0.15, -0.1) is 0 Å². The van der Waals surface area contributed by atoms with Crippen LogP contribution in [-0.2, 0) is 0 Å². The summed E-state index contributed by atoms with van der Waals surface area (Å²) in [4.78, 5) is 16.2.